The van der Waals surface area contributed by atoms with Crippen LogP contribution in [-0.2, 0) is 10.2 Å². The summed E-state index contributed by atoms with van der Waals surface area (Å²) < 4.78 is 27.2. The molecule has 6 heteroatoms. The summed E-state index contributed by atoms with van der Waals surface area (Å²) in [7, 11) is -3.30. The van der Waals surface area contributed by atoms with Gasteiger partial charge < -0.3 is 5.73 Å². The predicted molar refractivity (Wildman–Crippen MR) is 55.9 cm³/mol. The summed E-state index contributed by atoms with van der Waals surface area (Å²) in [5.74, 6) is 0.340. The van der Waals surface area contributed by atoms with Crippen LogP contribution in [0.25, 0.3) is 0 Å². The minimum Gasteiger partial charge on any atom is -0.326 e. The first kappa shape index (κ1) is 11.9. The maximum atomic E-state index is 11.6. The summed E-state index contributed by atoms with van der Waals surface area (Å²) in [5, 5.41) is 0. The maximum absolute atomic E-state index is 11.6. The molecule has 1 aliphatic heterocycles. The van der Waals surface area contributed by atoms with E-state index >= 15 is 0 Å². The van der Waals surface area contributed by atoms with Crippen LogP contribution >= 0.6 is 0 Å². The van der Waals surface area contributed by atoms with Gasteiger partial charge in [0, 0.05) is 25.7 Å². The number of hydrogen-bond acceptors (Lipinski definition) is 3. The molecule has 0 aromatic rings. The topological polar surface area (TPSA) is 75.4 Å². The highest BCUT2D eigenvalue weighted by molar-refractivity contribution is 7.87. The number of nitrogens with one attached hydrogen (secondary N) is 1. The Morgan fingerprint density at radius 3 is 2.64 bits per heavy atom. The van der Waals surface area contributed by atoms with Crippen LogP contribution in [0.3, 0.4) is 0 Å². The minimum atomic E-state index is -3.30. The van der Waals surface area contributed by atoms with E-state index < -0.39 is 10.2 Å². The Morgan fingerprint density at radius 2 is 2.14 bits per heavy atom. The van der Waals surface area contributed by atoms with Crippen molar-refractivity contribution in [1.82, 2.24) is 9.03 Å². The molecule has 0 saturated carbocycles. The van der Waals surface area contributed by atoms with Gasteiger partial charge in [-0.05, 0) is 12.3 Å². The lowest BCUT2D eigenvalue weighted by Crippen LogP contribution is -2.52. The Labute approximate surface area is 85.8 Å². The Morgan fingerprint density at radius 1 is 1.50 bits per heavy atom. The lowest BCUT2D eigenvalue weighted by molar-refractivity contribution is 0.252. The highest BCUT2D eigenvalue weighted by Crippen LogP contribution is 2.16. The molecule has 5 nitrogen and oxygen atoms in total. The molecule has 0 aliphatic carbocycles. The molecule has 1 aliphatic rings. The highest BCUT2D eigenvalue weighted by atomic mass is 32.2. The fourth-order valence-corrected chi connectivity index (χ4v) is 3.21. The van der Waals surface area contributed by atoms with E-state index in [4.69, 9.17) is 5.73 Å². The van der Waals surface area contributed by atoms with Crippen LogP contribution < -0.4 is 10.5 Å². The second kappa shape index (κ2) is 4.57. The molecule has 0 aromatic carbocycles. The first-order chi connectivity index (χ1) is 6.45. The lowest BCUT2D eigenvalue weighted by Gasteiger charge is -2.33. The van der Waals surface area contributed by atoms with Crippen LogP contribution in [-0.4, -0.2) is 38.4 Å². The van der Waals surface area contributed by atoms with E-state index in [9.17, 15) is 8.42 Å². The normalized spacial score (nSPS) is 30.5. The quantitative estimate of drug-likeness (QED) is 0.675. The van der Waals surface area contributed by atoms with Crippen molar-refractivity contribution in [2.24, 2.45) is 11.7 Å². The molecule has 14 heavy (non-hydrogen) atoms. The predicted octanol–water partition coefficient (Wildman–Crippen LogP) is -0.490. The van der Waals surface area contributed by atoms with Gasteiger partial charge in [-0.15, -0.1) is 0 Å². The van der Waals surface area contributed by atoms with Gasteiger partial charge in [0.25, 0.3) is 10.2 Å². The summed E-state index contributed by atoms with van der Waals surface area (Å²) in [6.45, 7) is 5.21. The van der Waals surface area contributed by atoms with Crippen LogP contribution in [0.5, 0.6) is 0 Å². The second-order valence-corrected chi connectivity index (χ2v) is 5.68. The number of nitrogens with zero attached hydrogens (tertiary/aromatic N) is 1. The van der Waals surface area contributed by atoms with Crippen molar-refractivity contribution in [3.05, 3.63) is 0 Å². The molecule has 1 saturated heterocycles. The molecule has 0 amide bonds. The largest absolute Gasteiger partial charge is 0.326 e. The highest BCUT2D eigenvalue weighted by Gasteiger charge is 2.29. The van der Waals surface area contributed by atoms with Crippen LogP contribution in [0.4, 0.5) is 0 Å². The van der Waals surface area contributed by atoms with Gasteiger partial charge in [-0.3, -0.25) is 0 Å². The average molecular weight is 221 g/mol. The summed E-state index contributed by atoms with van der Waals surface area (Å²) in [5.41, 5.74) is 5.77. The minimum absolute atomic E-state index is 0.0350. The third-order valence-electron chi connectivity index (χ3n) is 2.33. The molecule has 2 atom stereocenters. The van der Waals surface area contributed by atoms with E-state index in [1.807, 2.05) is 6.92 Å². The van der Waals surface area contributed by atoms with E-state index in [-0.39, 0.29) is 6.04 Å². The molecule has 0 radical (unpaired) electrons. The Hall–Kier alpha value is -0.170. The van der Waals surface area contributed by atoms with E-state index in [0.717, 1.165) is 6.42 Å². The van der Waals surface area contributed by atoms with Gasteiger partial charge in [-0.2, -0.15) is 12.7 Å². The molecule has 1 rings (SSSR count). The van der Waals surface area contributed by atoms with Crippen molar-refractivity contribution >= 4 is 10.2 Å². The van der Waals surface area contributed by atoms with Gasteiger partial charge in [0.15, 0.2) is 0 Å². The maximum Gasteiger partial charge on any atom is 0.279 e. The third-order valence-corrected chi connectivity index (χ3v) is 3.96. The first-order valence-corrected chi connectivity index (χ1v) is 6.40. The molecule has 1 heterocycles. The van der Waals surface area contributed by atoms with Gasteiger partial charge in [0.2, 0.25) is 0 Å². The molecule has 0 spiro atoms. The summed E-state index contributed by atoms with van der Waals surface area (Å²) >= 11 is 0. The monoisotopic (exact) mass is 221 g/mol. The van der Waals surface area contributed by atoms with Crippen molar-refractivity contribution in [2.75, 3.05) is 19.6 Å². The fourth-order valence-electron chi connectivity index (χ4n) is 1.82. The van der Waals surface area contributed by atoms with Crippen molar-refractivity contribution < 1.29 is 8.42 Å². The van der Waals surface area contributed by atoms with Gasteiger partial charge in [0.05, 0.1) is 0 Å². The summed E-state index contributed by atoms with van der Waals surface area (Å²) in [4.78, 5) is 0. The third kappa shape index (κ3) is 2.91. The van der Waals surface area contributed by atoms with Crippen molar-refractivity contribution in [1.29, 1.82) is 0 Å². The molecular weight excluding hydrogens is 202 g/mol. The standard InChI is InChI=1S/C8H19N3O2S/c1-3-10-14(12,13)11-5-7(2)4-8(9)6-11/h7-8,10H,3-6,9H2,1-2H3. The first-order valence-electron chi connectivity index (χ1n) is 4.96. The van der Waals surface area contributed by atoms with Crippen molar-refractivity contribution in [2.45, 2.75) is 26.3 Å². The number of hydrogen-bond donors (Lipinski definition) is 2. The molecule has 0 bridgehead atoms. The molecule has 2 unspecified atom stereocenters. The van der Waals surface area contributed by atoms with E-state index in [0.29, 0.717) is 25.6 Å². The summed E-state index contributed by atoms with van der Waals surface area (Å²) in [6, 6.07) is -0.0350. The molecule has 84 valence electrons. The smallest absolute Gasteiger partial charge is 0.279 e. The molecule has 1 fully saturated rings. The average Bonchev–Trinajstić information content (AvgIpc) is 2.02. The number of nitrogens with two attached hydrogens (primary N) is 1. The second-order valence-electron chi connectivity index (χ2n) is 3.92. The molecule has 0 aromatic heterocycles. The Bertz CT molecular complexity index is 268. The number of piperidine rings is 1. The zero-order chi connectivity index (χ0) is 10.8. The lowest BCUT2D eigenvalue weighted by atomic mass is 9.99. The Kier molecular flexibility index (Phi) is 3.88. The van der Waals surface area contributed by atoms with Crippen molar-refractivity contribution in [3.8, 4) is 0 Å². The van der Waals surface area contributed by atoms with E-state index in [1.165, 1.54) is 4.31 Å². The van der Waals surface area contributed by atoms with Crippen LogP contribution in [0.15, 0.2) is 0 Å². The van der Waals surface area contributed by atoms with Crippen LogP contribution in [0, 0.1) is 5.92 Å². The fraction of sp³-hybridized carbons (Fsp3) is 1.00. The van der Waals surface area contributed by atoms with Crippen LogP contribution in [0.1, 0.15) is 20.3 Å². The molecular formula is C8H19N3O2S. The molecule has 3 N–H and O–H groups in total. The van der Waals surface area contributed by atoms with Gasteiger partial charge >= 0.3 is 0 Å². The van der Waals surface area contributed by atoms with Gasteiger partial charge in [-0.25, -0.2) is 4.72 Å². The zero-order valence-corrected chi connectivity index (χ0v) is 9.55. The summed E-state index contributed by atoms with van der Waals surface area (Å²) in [6.07, 6.45) is 0.901. The van der Waals surface area contributed by atoms with Gasteiger partial charge in [-0.1, -0.05) is 13.8 Å². The van der Waals surface area contributed by atoms with Gasteiger partial charge in [0.1, 0.15) is 0 Å². The van der Waals surface area contributed by atoms with Crippen LogP contribution in [0.2, 0.25) is 0 Å². The van der Waals surface area contributed by atoms with E-state index in [2.05, 4.69) is 4.72 Å². The van der Waals surface area contributed by atoms with Crippen molar-refractivity contribution in [3.63, 3.8) is 0 Å². The number of rotatable bonds is 3. The SMILES string of the molecule is CCNS(=O)(=O)N1CC(C)CC(N)C1. The zero-order valence-electron chi connectivity index (χ0n) is 8.73. The van der Waals surface area contributed by atoms with E-state index in [1.54, 1.807) is 6.92 Å². The Balaban J connectivity index is 2.68.